The molecule has 0 aromatic heterocycles. The Hall–Kier alpha value is -2.66. The van der Waals surface area contributed by atoms with Gasteiger partial charge in [0.25, 0.3) is 11.8 Å². The van der Waals surface area contributed by atoms with Gasteiger partial charge in [0.05, 0.1) is 23.3 Å². The first-order chi connectivity index (χ1) is 11.1. The number of rotatable bonds is 5. The topological polar surface area (TPSA) is 70.6 Å². The Labute approximate surface area is 139 Å². The van der Waals surface area contributed by atoms with Crippen molar-refractivity contribution < 1.29 is 9.59 Å². The van der Waals surface area contributed by atoms with E-state index in [-0.39, 0.29) is 6.54 Å². The van der Waals surface area contributed by atoms with E-state index in [4.69, 9.17) is 11.6 Å². The molecule has 2 aromatic carbocycles. The summed E-state index contributed by atoms with van der Waals surface area (Å²) in [6.45, 7) is 1.81. The van der Waals surface area contributed by atoms with Crippen molar-refractivity contribution >= 4 is 29.6 Å². The molecule has 2 aromatic rings. The van der Waals surface area contributed by atoms with Gasteiger partial charge in [-0.15, -0.1) is 0 Å². The number of aryl methyl sites for hydroxylation is 1. The van der Waals surface area contributed by atoms with Gasteiger partial charge in [-0.3, -0.25) is 9.59 Å². The number of hydrogen-bond donors (Lipinski definition) is 2. The summed E-state index contributed by atoms with van der Waals surface area (Å²) in [5.74, 6) is -0.831. The number of nitrogens with one attached hydrogen (secondary N) is 2. The fourth-order valence-electron chi connectivity index (χ4n) is 1.77. The van der Waals surface area contributed by atoms with Gasteiger partial charge in [-0.2, -0.15) is 5.10 Å². The molecule has 118 valence electrons. The molecule has 6 heteroatoms. The molecule has 2 amide bonds. The number of carbonyl (C=O) groups excluding carboxylic acids is 2. The minimum atomic E-state index is -0.422. The van der Waals surface area contributed by atoms with Crippen molar-refractivity contribution in [3.05, 3.63) is 70.2 Å². The van der Waals surface area contributed by atoms with Crippen LogP contribution in [0.1, 0.15) is 21.5 Å². The predicted octanol–water partition coefficient (Wildman–Crippen LogP) is 2.53. The van der Waals surface area contributed by atoms with Crippen LogP contribution in [0.2, 0.25) is 5.02 Å². The van der Waals surface area contributed by atoms with E-state index in [0.717, 1.165) is 11.1 Å². The first-order valence-corrected chi connectivity index (χ1v) is 7.35. The zero-order valence-electron chi connectivity index (χ0n) is 12.5. The lowest BCUT2D eigenvalue weighted by Crippen LogP contribution is -2.35. The molecule has 0 heterocycles. The van der Waals surface area contributed by atoms with Gasteiger partial charge in [-0.05, 0) is 24.6 Å². The second kappa shape index (κ2) is 8.10. The summed E-state index contributed by atoms with van der Waals surface area (Å²) in [7, 11) is 0. The minimum Gasteiger partial charge on any atom is -0.343 e. The van der Waals surface area contributed by atoms with Gasteiger partial charge in [0.2, 0.25) is 0 Å². The maximum atomic E-state index is 11.9. The van der Waals surface area contributed by atoms with Crippen LogP contribution in [0, 0.1) is 6.92 Å². The third-order valence-corrected chi connectivity index (χ3v) is 3.34. The van der Waals surface area contributed by atoms with Gasteiger partial charge in [-0.1, -0.05) is 53.6 Å². The van der Waals surface area contributed by atoms with Crippen LogP contribution in [0.15, 0.2) is 53.6 Å². The summed E-state index contributed by atoms with van der Waals surface area (Å²) in [5, 5.41) is 6.66. The van der Waals surface area contributed by atoms with Crippen LogP contribution < -0.4 is 10.7 Å². The van der Waals surface area contributed by atoms with Crippen LogP contribution in [-0.4, -0.2) is 24.6 Å². The van der Waals surface area contributed by atoms with Crippen LogP contribution in [0.5, 0.6) is 0 Å². The molecule has 2 rings (SSSR count). The predicted molar refractivity (Wildman–Crippen MR) is 90.7 cm³/mol. The standard InChI is InChI=1S/C17H16ClN3O2/c1-12-6-8-13(9-7-12)10-20-21-16(22)11-19-17(23)14-4-2-3-5-15(14)18/h2-10H,11H2,1H3,(H,19,23)(H,21,22). The van der Waals surface area contributed by atoms with E-state index in [1.165, 1.54) is 6.21 Å². The highest BCUT2D eigenvalue weighted by molar-refractivity contribution is 6.33. The summed E-state index contributed by atoms with van der Waals surface area (Å²) in [6.07, 6.45) is 1.53. The molecule has 0 unspecified atom stereocenters. The number of amides is 2. The number of hydrogen-bond acceptors (Lipinski definition) is 3. The normalized spacial score (nSPS) is 10.5. The maximum Gasteiger partial charge on any atom is 0.259 e. The van der Waals surface area contributed by atoms with Crippen molar-refractivity contribution in [2.75, 3.05) is 6.54 Å². The maximum absolute atomic E-state index is 11.9. The van der Waals surface area contributed by atoms with Crippen molar-refractivity contribution in [3.8, 4) is 0 Å². The average Bonchev–Trinajstić information content (AvgIpc) is 2.55. The Balaban J connectivity index is 1.80. The number of nitrogens with zero attached hydrogens (tertiary/aromatic N) is 1. The Morgan fingerprint density at radius 1 is 1.13 bits per heavy atom. The van der Waals surface area contributed by atoms with Crippen LogP contribution in [0.3, 0.4) is 0 Å². The van der Waals surface area contributed by atoms with Crippen molar-refractivity contribution in [2.24, 2.45) is 5.10 Å². The molecule has 0 spiro atoms. The summed E-state index contributed by atoms with van der Waals surface area (Å²) in [6, 6.07) is 14.3. The monoisotopic (exact) mass is 329 g/mol. The first kappa shape index (κ1) is 16.7. The third-order valence-electron chi connectivity index (χ3n) is 3.01. The second-order valence-electron chi connectivity index (χ2n) is 4.87. The molecule has 0 bridgehead atoms. The highest BCUT2D eigenvalue weighted by Gasteiger charge is 2.10. The van der Waals surface area contributed by atoms with E-state index < -0.39 is 11.8 Å². The molecule has 0 aliphatic heterocycles. The van der Waals surface area contributed by atoms with Crippen molar-refractivity contribution in [1.82, 2.24) is 10.7 Å². The average molecular weight is 330 g/mol. The molecule has 2 N–H and O–H groups in total. The van der Waals surface area contributed by atoms with Gasteiger partial charge in [0.1, 0.15) is 0 Å². The Morgan fingerprint density at radius 2 is 1.83 bits per heavy atom. The van der Waals surface area contributed by atoms with Gasteiger partial charge in [0.15, 0.2) is 0 Å². The van der Waals surface area contributed by atoms with E-state index in [0.29, 0.717) is 10.6 Å². The Kier molecular flexibility index (Phi) is 5.88. The minimum absolute atomic E-state index is 0.185. The lowest BCUT2D eigenvalue weighted by Gasteiger charge is -2.05. The van der Waals surface area contributed by atoms with Crippen LogP contribution in [0.4, 0.5) is 0 Å². The van der Waals surface area contributed by atoms with Crippen LogP contribution >= 0.6 is 11.6 Å². The van der Waals surface area contributed by atoms with E-state index in [2.05, 4.69) is 15.8 Å². The van der Waals surface area contributed by atoms with Crippen molar-refractivity contribution in [2.45, 2.75) is 6.92 Å². The largest absolute Gasteiger partial charge is 0.343 e. The van der Waals surface area contributed by atoms with E-state index in [9.17, 15) is 9.59 Å². The molecule has 5 nitrogen and oxygen atoms in total. The fraction of sp³-hybridized carbons (Fsp3) is 0.118. The highest BCUT2D eigenvalue weighted by atomic mass is 35.5. The Morgan fingerprint density at radius 3 is 2.52 bits per heavy atom. The van der Waals surface area contributed by atoms with E-state index in [1.807, 2.05) is 31.2 Å². The second-order valence-corrected chi connectivity index (χ2v) is 5.27. The molecule has 0 atom stereocenters. The van der Waals surface area contributed by atoms with Gasteiger partial charge in [-0.25, -0.2) is 5.43 Å². The zero-order valence-corrected chi connectivity index (χ0v) is 13.3. The quantitative estimate of drug-likeness (QED) is 0.653. The summed E-state index contributed by atoms with van der Waals surface area (Å²) < 4.78 is 0. The number of carbonyl (C=O) groups is 2. The number of halogens is 1. The van der Waals surface area contributed by atoms with Crippen LogP contribution in [0.25, 0.3) is 0 Å². The lowest BCUT2D eigenvalue weighted by atomic mass is 10.2. The molecule has 0 saturated carbocycles. The van der Waals surface area contributed by atoms with Gasteiger partial charge >= 0.3 is 0 Å². The number of benzene rings is 2. The third kappa shape index (κ3) is 5.23. The van der Waals surface area contributed by atoms with Crippen LogP contribution in [-0.2, 0) is 4.79 Å². The van der Waals surface area contributed by atoms with Gasteiger partial charge in [0, 0.05) is 0 Å². The van der Waals surface area contributed by atoms with Crippen molar-refractivity contribution in [1.29, 1.82) is 0 Å². The highest BCUT2D eigenvalue weighted by Crippen LogP contribution is 2.14. The SMILES string of the molecule is Cc1ccc(C=NNC(=O)CNC(=O)c2ccccc2Cl)cc1. The lowest BCUT2D eigenvalue weighted by molar-refractivity contribution is -0.120. The van der Waals surface area contributed by atoms with E-state index in [1.54, 1.807) is 24.3 Å². The summed E-state index contributed by atoms with van der Waals surface area (Å²) in [5.41, 5.74) is 4.69. The zero-order chi connectivity index (χ0) is 16.7. The molecular formula is C17H16ClN3O2. The molecule has 0 fully saturated rings. The smallest absolute Gasteiger partial charge is 0.259 e. The van der Waals surface area contributed by atoms with Gasteiger partial charge < -0.3 is 5.32 Å². The molecule has 23 heavy (non-hydrogen) atoms. The molecule has 0 radical (unpaired) electrons. The fourth-order valence-corrected chi connectivity index (χ4v) is 1.99. The molecule has 0 aliphatic carbocycles. The Bertz CT molecular complexity index is 727. The molecule has 0 saturated heterocycles. The molecule has 0 aliphatic rings. The van der Waals surface area contributed by atoms with E-state index >= 15 is 0 Å². The first-order valence-electron chi connectivity index (χ1n) is 6.97. The molecular weight excluding hydrogens is 314 g/mol. The van der Waals surface area contributed by atoms with Crippen molar-refractivity contribution in [3.63, 3.8) is 0 Å². The summed E-state index contributed by atoms with van der Waals surface area (Å²) in [4.78, 5) is 23.5. The summed E-state index contributed by atoms with van der Waals surface area (Å²) >= 11 is 5.91. The number of hydrazone groups is 1.